The second kappa shape index (κ2) is 7.09. The molecule has 2 bridgehead atoms. The summed E-state index contributed by atoms with van der Waals surface area (Å²) < 4.78 is 0. The number of nitrogens with zero attached hydrogens (tertiary/aromatic N) is 2. The molecule has 4 atom stereocenters. The minimum absolute atomic E-state index is 0.0338. The second-order valence-electron chi connectivity index (χ2n) is 8.72. The van der Waals surface area contributed by atoms with Gasteiger partial charge in [-0.1, -0.05) is 12.1 Å². The summed E-state index contributed by atoms with van der Waals surface area (Å²) in [5, 5.41) is 15.2. The third kappa shape index (κ3) is 3.13. The fraction of sp³-hybridized carbons (Fsp3) is 0.524. The first kappa shape index (κ1) is 19.0. The van der Waals surface area contributed by atoms with E-state index in [0.717, 1.165) is 24.0 Å². The van der Waals surface area contributed by atoms with Crippen LogP contribution in [0.3, 0.4) is 0 Å². The normalized spacial score (nSPS) is 30.1. The minimum Gasteiger partial charge on any atom is -0.465 e. The summed E-state index contributed by atoms with van der Waals surface area (Å²) in [6.07, 6.45) is 1.65. The largest absolute Gasteiger partial charge is 0.465 e. The van der Waals surface area contributed by atoms with Gasteiger partial charge in [0, 0.05) is 37.7 Å². The van der Waals surface area contributed by atoms with Crippen LogP contribution in [0.5, 0.6) is 0 Å². The smallest absolute Gasteiger partial charge is 0.407 e. The highest BCUT2D eigenvalue weighted by molar-refractivity contribution is 6.05. The molecular weight excluding hydrogens is 388 g/mol. The minimum atomic E-state index is -0.849. The van der Waals surface area contributed by atoms with Crippen LogP contribution >= 0.6 is 0 Å². The molecule has 3 heterocycles. The van der Waals surface area contributed by atoms with Gasteiger partial charge < -0.3 is 20.2 Å². The lowest BCUT2D eigenvalue weighted by Gasteiger charge is -2.31. The zero-order chi connectivity index (χ0) is 21.0. The standard InChI is InChI=1S/C21H24N4O5/c26-18-4-3-16(19(27)23-18)24-10-13-5-11(1-2-14(13)20(24)28)8-22-15-6-12-7-17(15)25(9-12)21(29)30/h1-2,5,12,15-17,22H,3-4,6-10H2,(H,29,30)(H,23,26,27). The Hall–Kier alpha value is -2.94. The predicted molar refractivity (Wildman–Crippen MR) is 104 cm³/mol. The van der Waals surface area contributed by atoms with E-state index in [4.69, 9.17) is 0 Å². The fourth-order valence-corrected chi connectivity index (χ4v) is 5.45. The van der Waals surface area contributed by atoms with Crippen LogP contribution in [0.25, 0.3) is 0 Å². The molecule has 1 aromatic carbocycles. The van der Waals surface area contributed by atoms with Crippen LogP contribution in [0.1, 0.15) is 47.2 Å². The average Bonchev–Trinajstić information content (AvgIpc) is 3.39. The Bertz CT molecular complexity index is 947. The highest BCUT2D eigenvalue weighted by Gasteiger charge is 2.46. The first-order valence-corrected chi connectivity index (χ1v) is 10.4. The SMILES string of the molecule is O=C1CCC(N2Cc3cc(CNC4CC5CC4N(C(=O)O)C5)ccc3C2=O)C(=O)N1. The number of hydrogen-bond acceptors (Lipinski definition) is 5. The number of imide groups is 1. The number of likely N-dealkylation sites (tertiary alicyclic amines) is 1. The van der Waals surface area contributed by atoms with Crippen LogP contribution in [0, 0.1) is 5.92 Å². The Labute approximate surface area is 173 Å². The molecule has 9 heteroatoms. The third-order valence-corrected chi connectivity index (χ3v) is 6.88. The molecule has 0 spiro atoms. The van der Waals surface area contributed by atoms with E-state index >= 15 is 0 Å². The molecule has 5 rings (SSSR count). The molecule has 1 saturated carbocycles. The molecule has 3 fully saturated rings. The van der Waals surface area contributed by atoms with Crippen molar-refractivity contribution in [2.45, 2.75) is 56.9 Å². The number of benzene rings is 1. The summed E-state index contributed by atoms with van der Waals surface area (Å²) in [7, 11) is 0. The highest BCUT2D eigenvalue weighted by atomic mass is 16.4. The van der Waals surface area contributed by atoms with E-state index in [0.29, 0.717) is 37.5 Å². The molecule has 4 aliphatic rings. The van der Waals surface area contributed by atoms with Gasteiger partial charge in [-0.25, -0.2) is 4.79 Å². The van der Waals surface area contributed by atoms with E-state index in [-0.39, 0.29) is 30.3 Å². The Morgan fingerprint density at radius 3 is 2.80 bits per heavy atom. The Balaban J connectivity index is 1.24. The molecule has 1 aliphatic carbocycles. The quantitative estimate of drug-likeness (QED) is 0.626. The van der Waals surface area contributed by atoms with E-state index in [2.05, 4.69) is 10.6 Å². The first-order chi connectivity index (χ1) is 14.4. The molecule has 3 aliphatic heterocycles. The maximum absolute atomic E-state index is 12.8. The zero-order valence-corrected chi connectivity index (χ0v) is 16.5. The van der Waals surface area contributed by atoms with Crippen molar-refractivity contribution in [1.82, 2.24) is 20.4 Å². The summed E-state index contributed by atoms with van der Waals surface area (Å²) in [5.74, 6) is -0.447. The number of hydrogen-bond donors (Lipinski definition) is 3. The van der Waals surface area contributed by atoms with Crippen molar-refractivity contribution in [2.24, 2.45) is 5.92 Å². The van der Waals surface area contributed by atoms with Gasteiger partial charge in [0.05, 0.1) is 6.04 Å². The van der Waals surface area contributed by atoms with Gasteiger partial charge in [-0.2, -0.15) is 0 Å². The number of nitrogens with one attached hydrogen (secondary N) is 2. The van der Waals surface area contributed by atoms with Crippen LogP contribution in [0.15, 0.2) is 18.2 Å². The van der Waals surface area contributed by atoms with Gasteiger partial charge in [-0.15, -0.1) is 0 Å². The maximum atomic E-state index is 12.8. The summed E-state index contributed by atoms with van der Waals surface area (Å²) in [5.41, 5.74) is 2.50. The number of carbonyl (C=O) groups is 4. The van der Waals surface area contributed by atoms with Gasteiger partial charge in [0.1, 0.15) is 6.04 Å². The van der Waals surface area contributed by atoms with Crippen molar-refractivity contribution in [3.8, 4) is 0 Å². The van der Waals surface area contributed by atoms with Crippen LogP contribution < -0.4 is 10.6 Å². The van der Waals surface area contributed by atoms with Crippen LogP contribution in [0.2, 0.25) is 0 Å². The zero-order valence-electron chi connectivity index (χ0n) is 16.5. The Morgan fingerprint density at radius 1 is 1.23 bits per heavy atom. The molecule has 0 aromatic heterocycles. The first-order valence-electron chi connectivity index (χ1n) is 10.4. The summed E-state index contributed by atoms with van der Waals surface area (Å²) in [4.78, 5) is 50.8. The fourth-order valence-electron chi connectivity index (χ4n) is 5.45. The van der Waals surface area contributed by atoms with Gasteiger partial charge in [-0.3, -0.25) is 19.7 Å². The molecule has 3 N–H and O–H groups in total. The molecule has 4 amide bonds. The van der Waals surface area contributed by atoms with Crippen LogP contribution in [0.4, 0.5) is 4.79 Å². The average molecular weight is 412 g/mol. The molecule has 9 nitrogen and oxygen atoms in total. The monoisotopic (exact) mass is 412 g/mol. The van der Waals surface area contributed by atoms with Crippen molar-refractivity contribution in [3.05, 3.63) is 34.9 Å². The number of carboxylic acid groups (broad SMARTS) is 1. The number of rotatable bonds is 4. The van der Waals surface area contributed by atoms with E-state index in [1.165, 1.54) is 0 Å². The second-order valence-corrected chi connectivity index (χ2v) is 8.72. The van der Waals surface area contributed by atoms with Gasteiger partial charge in [0.2, 0.25) is 11.8 Å². The van der Waals surface area contributed by atoms with E-state index in [1.807, 2.05) is 12.1 Å². The Kier molecular flexibility index (Phi) is 4.50. The number of fused-ring (bicyclic) bond motifs is 3. The van der Waals surface area contributed by atoms with Gasteiger partial charge in [-0.05, 0) is 42.4 Å². The van der Waals surface area contributed by atoms with E-state index in [9.17, 15) is 24.3 Å². The number of piperidine rings is 2. The van der Waals surface area contributed by atoms with Crippen molar-refractivity contribution in [2.75, 3.05) is 6.54 Å². The summed E-state index contributed by atoms with van der Waals surface area (Å²) >= 11 is 0. The Morgan fingerprint density at radius 2 is 2.07 bits per heavy atom. The predicted octanol–water partition coefficient (Wildman–Crippen LogP) is 0.678. The number of amides is 4. The van der Waals surface area contributed by atoms with E-state index in [1.54, 1.807) is 15.9 Å². The van der Waals surface area contributed by atoms with Crippen molar-refractivity contribution < 1.29 is 24.3 Å². The third-order valence-electron chi connectivity index (χ3n) is 6.88. The topological polar surface area (TPSA) is 119 Å². The van der Waals surface area contributed by atoms with Crippen LogP contribution in [-0.2, 0) is 22.7 Å². The molecule has 158 valence electrons. The summed E-state index contributed by atoms with van der Waals surface area (Å²) in [6.45, 7) is 1.59. The molecular formula is C21H24N4O5. The number of carbonyl (C=O) groups excluding carboxylic acids is 3. The van der Waals surface area contributed by atoms with Crippen molar-refractivity contribution in [1.29, 1.82) is 0 Å². The van der Waals surface area contributed by atoms with Crippen molar-refractivity contribution >= 4 is 23.8 Å². The molecule has 4 unspecified atom stereocenters. The lowest BCUT2D eigenvalue weighted by atomic mass is 10.0. The van der Waals surface area contributed by atoms with Gasteiger partial charge in [0.15, 0.2) is 0 Å². The maximum Gasteiger partial charge on any atom is 0.407 e. The highest BCUT2D eigenvalue weighted by Crippen LogP contribution is 2.38. The van der Waals surface area contributed by atoms with Gasteiger partial charge >= 0.3 is 6.09 Å². The molecule has 2 saturated heterocycles. The lowest BCUT2D eigenvalue weighted by Crippen LogP contribution is -2.52. The molecule has 30 heavy (non-hydrogen) atoms. The molecule has 1 aromatic rings. The van der Waals surface area contributed by atoms with E-state index < -0.39 is 18.0 Å². The van der Waals surface area contributed by atoms with Crippen molar-refractivity contribution in [3.63, 3.8) is 0 Å². The lowest BCUT2D eigenvalue weighted by molar-refractivity contribution is -0.136. The summed E-state index contributed by atoms with van der Waals surface area (Å²) in [6, 6.07) is 5.25. The molecule has 0 radical (unpaired) electrons. The van der Waals surface area contributed by atoms with Crippen LogP contribution in [-0.4, -0.2) is 63.4 Å². The van der Waals surface area contributed by atoms with Gasteiger partial charge in [0.25, 0.3) is 5.91 Å².